The van der Waals surface area contributed by atoms with Gasteiger partial charge in [0.1, 0.15) is 6.10 Å². The minimum Gasteiger partial charge on any atom is -0.462 e. The Morgan fingerprint density at radius 3 is 2.57 bits per heavy atom. The normalized spacial score (nSPS) is 28.3. The Hall–Kier alpha value is -3.15. The summed E-state index contributed by atoms with van der Waals surface area (Å²) in [5.41, 5.74) is 3.02. The van der Waals surface area contributed by atoms with Gasteiger partial charge in [-0.05, 0) is 61.1 Å². The van der Waals surface area contributed by atoms with E-state index in [9.17, 15) is 14.4 Å². The lowest BCUT2D eigenvalue weighted by Crippen LogP contribution is -2.35. The summed E-state index contributed by atoms with van der Waals surface area (Å²) in [7, 11) is 0. The monoisotopic (exact) mass is 404 g/mol. The van der Waals surface area contributed by atoms with Gasteiger partial charge in [0.2, 0.25) is 5.91 Å². The van der Waals surface area contributed by atoms with Gasteiger partial charge >= 0.3 is 5.97 Å². The largest absolute Gasteiger partial charge is 0.462 e. The maximum atomic E-state index is 12.9. The van der Waals surface area contributed by atoms with Crippen LogP contribution in [0.5, 0.6) is 0 Å². The summed E-state index contributed by atoms with van der Waals surface area (Å²) in [5, 5.41) is 5.87. The molecular formula is C24H24N2O4. The lowest BCUT2D eigenvalue weighted by molar-refractivity contribution is -0.145. The van der Waals surface area contributed by atoms with E-state index >= 15 is 0 Å². The molecule has 1 aliphatic heterocycles. The number of anilines is 2. The predicted molar refractivity (Wildman–Crippen MR) is 112 cm³/mol. The van der Waals surface area contributed by atoms with Crippen molar-refractivity contribution in [1.82, 2.24) is 0 Å². The molecule has 154 valence electrons. The quantitative estimate of drug-likeness (QED) is 0.745. The van der Waals surface area contributed by atoms with E-state index < -0.39 is 0 Å². The standard InChI is InChI=1S/C24H24N2O4/c1-2-13-5-3-4-6-18(13)26-22(27)14-7-9-16(10-8-14)25-23(28)20-15-11-17-19(12-15)30-24(29)21(17)20/h3-10,15,17,19-21H,2,11-12H2,1H3,(H,25,28)(H,26,27)/t15-,17+,19-,20+,21+/m1/s1. The Morgan fingerprint density at radius 2 is 1.80 bits per heavy atom. The first-order valence-electron chi connectivity index (χ1n) is 10.6. The van der Waals surface area contributed by atoms with Gasteiger partial charge in [-0.2, -0.15) is 0 Å². The molecule has 2 aromatic carbocycles. The molecule has 3 aliphatic rings. The summed E-state index contributed by atoms with van der Waals surface area (Å²) in [5.74, 6) is -0.715. The Kier molecular flexibility index (Phi) is 4.57. The van der Waals surface area contributed by atoms with E-state index in [1.54, 1.807) is 24.3 Å². The van der Waals surface area contributed by atoms with Crippen molar-refractivity contribution in [3.05, 3.63) is 59.7 Å². The molecule has 30 heavy (non-hydrogen) atoms. The summed E-state index contributed by atoms with van der Waals surface area (Å²) >= 11 is 0. The van der Waals surface area contributed by atoms with Crippen LogP contribution in [0.1, 0.15) is 35.7 Å². The highest BCUT2D eigenvalue weighted by Gasteiger charge is 2.63. The minimum absolute atomic E-state index is 0.0205. The molecule has 2 amide bonds. The number of hydrogen-bond acceptors (Lipinski definition) is 4. The Balaban J connectivity index is 1.25. The van der Waals surface area contributed by atoms with Gasteiger partial charge in [-0.25, -0.2) is 0 Å². The average molecular weight is 404 g/mol. The molecule has 2 bridgehead atoms. The molecule has 3 fully saturated rings. The van der Waals surface area contributed by atoms with Crippen molar-refractivity contribution in [2.24, 2.45) is 23.7 Å². The first kappa shape index (κ1) is 18.9. The van der Waals surface area contributed by atoms with Crippen LogP contribution in [0, 0.1) is 23.7 Å². The van der Waals surface area contributed by atoms with Crippen molar-refractivity contribution in [1.29, 1.82) is 0 Å². The zero-order valence-corrected chi connectivity index (χ0v) is 16.8. The number of aryl methyl sites for hydroxylation is 1. The van der Waals surface area contributed by atoms with Crippen LogP contribution in [0.15, 0.2) is 48.5 Å². The lowest BCUT2D eigenvalue weighted by Gasteiger charge is -2.23. The molecule has 0 unspecified atom stereocenters. The van der Waals surface area contributed by atoms with Gasteiger partial charge in [-0.3, -0.25) is 14.4 Å². The van der Waals surface area contributed by atoms with Crippen LogP contribution in [0.2, 0.25) is 0 Å². The van der Waals surface area contributed by atoms with Crippen LogP contribution in [-0.4, -0.2) is 23.9 Å². The Labute approximate surface area is 175 Å². The number of carbonyl (C=O) groups excluding carboxylic acids is 3. The molecule has 2 N–H and O–H groups in total. The predicted octanol–water partition coefficient (Wildman–Crippen LogP) is 3.64. The lowest BCUT2D eigenvalue weighted by atomic mass is 9.79. The van der Waals surface area contributed by atoms with E-state index in [4.69, 9.17) is 4.74 Å². The highest BCUT2D eigenvalue weighted by molar-refractivity contribution is 6.05. The second-order valence-corrected chi connectivity index (χ2v) is 8.45. The average Bonchev–Trinajstić information content (AvgIpc) is 3.37. The number of benzene rings is 2. The number of amides is 2. The van der Waals surface area contributed by atoms with Crippen LogP contribution in [0.25, 0.3) is 0 Å². The second kappa shape index (κ2) is 7.27. The van der Waals surface area contributed by atoms with Gasteiger partial charge in [0.15, 0.2) is 0 Å². The fourth-order valence-electron chi connectivity index (χ4n) is 5.44. The molecule has 2 saturated carbocycles. The van der Waals surface area contributed by atoms with Gasteiger partial charge in [0.25, 0.3) is 5.91 Å². The van der Waals surface area contributed by atoms with E-state index in [0.29, 0.717) is 11.3 Å². The third-order valence-corrected chi connectivity index (χ3v) is 6.85. The fourth-order valence-corrected chi connectivity index (χ4v) is 5.44. The maximum absolute atomic E-state index is 12.9. The first-order chi connectivity index (χ1) is 14.5. The molecule has 1 heterocycles. The molecule has 6 nitrogen and oxygen atoms in total. The van der Waals surface area contributed by atoms with E-state index in [0.717, 1.165) is 30.5 Å². The summed E-state index contributed by atoms with van der Waals surface area (Å²) in [4.78, 5) is 37.6. The second-order valence-electron chi connectivity index (χ2n) is 8.45. The van der Waals surface area contributed by atoms with Crippen molar-refractivity contribution in [2.45, 2.75) is 32.3 Å². The number of fused-ring (bicyclic) bond motifs is 1. The number of carbonyl (C=O) groups is 3. The summed E-state index contributed by atoms with van der Waals surface area (Å²) in [6, 6.07) is 14.6. The van der Waals surface area contributed by atoms with Crippen LogP contribution in [0.4, 0.5) is 11.4 Å². The van der Waals surface area contributed by atoms with Crippen LogP contribution in [0.3, 0.4) is 0 Å². The van der Waals surface area contributed by atoms with Gasteiger partial charge in [0, 0.05) is 22.9 Å². The summed E-state index contributed by atoms with van der Waals surface area (Å²) in [6.45, 7) is 2.05. The van der Waals surface area contributed by atoms with Gasteiger partial charge in [0.05, 0.1) is 11.8 Å². The first-order valence-corrected chi connectivity index (χ1v) is 10.6. The molecule has 0 spiro atoms. The van der Waals surface area contributed by atoms with Crippen LogP contribution in [-0.2, 0) is 20.7 Å². The zero-order chi connectivity index (χ0) is 20.8. The van der Waals surface area contributed by atoms with Crippen molar-refractivity contribution in [3.63, 3.8) is 0 Å². The van der Waals surface area contributed by atoms with Crippen molar-refractivity contribution in [3.8, 4) is 0 Å². The Bertz CT molecular complexity index is 1010. The summed E-state index contributed by atoms with van der Waals surface area (Å²) in [6.07, 6.45) is 2.55. The van der Waals surface area contributed by atoms with Crippen molar-refractivity contribution in [2.75, 3.05) is 10.6 Å². The van der Waals surface area contributed by atoms with Crippen LogP contribution >= 0.6 is 0 Å². The molecule has 5 rings (SSSR count). The SMILES string of the molecule is CCc1ccccc1NC(=O)c1ccc(NC(=O)[C@H]2[C@@H]3C[C@@H]4[C@@H]2C(=O)O[C@@H]4C3)cc1. The van der Waals surface area contributed by atoms with Crippen molar-refractivity contribution >= 4 is 29.2 Å². The molecule has 0 aromatic heterocycles. The zero-order valence-electron chi connectivity index (χ0n) is 16.8. The van der Waals surface area contributed by atoms with E-state index in [1.807, 2.05) is 31.2 Å². The third kappa shape index (κ3) is 3.07. The van der Waals surface area contributed by atoms with Gasteiger partial charge in [-0.15, -0.1) is 0 Å². The van der Waals surface area contributed by atoms with E-state index in [-0.39, 0.29) is 47.6 Å². The molecule has 2 aromatic rings. The van der Waals surface area contributed by atoms with Gasteiger partial charge in [-0.1, -0.05) is 25.1 Å². The number of rotatable bonds is 5. The molecule has 1 saturated heterocycles. The topological polar surface area (TPSA) is 84.5 Å². The number of para-hydroxylation sites is 1. The molecule has 0 radical (unpaired) electrons. The smallest absolute Gasteiger partial charge is 0.310 e. The van der Waals surface area contributed by atoms with Crippen LogP contribution < -0.4 is 10.6 Å². The fraction of sp³-hybridized carbons (Fsp3) is 0.375. The number of hydrogen-bond donors (Lipinski definition) is 2. The molecule has 5 atom stereocenters. The van der Waals surface area contributed by atoms with E-state index in [1.165, 1.54) is 0 Å². The number of nitrogens with one attached hydrogen (secondary N) is 2. The van der Waals surface area contributed by atoms with Gasteiger partial charge < -0.3 is 15.4 Å². The van der Waals surface area contributed by atoms with E-state index in [2.05, 4.69) is 10.6 Å². The highest BCUT2D eigenvalue weighted by Crippen LogP contribution is 2.57. The molecular weight excluding hydrogens is 380 g/mol. The number of ether oxygens (including phenoxy) is 1. The molecule has 2 aliphatic carbocycles. The third-order valence-electron chi connectivity index (χ3n) is 6.85. The Morgan fingerprint density at radius 1 is 1.03 bits per heavy atom. The maximum Gasteiger partial charge on any atom is 0.310 e. The number of esters is 1. The highest BCUT2D eigenvalue weighted by atomic mass is 16.6. The molecule has 6 heteroatoms. The van der Waals surface area contributed by atoms with Crippen molar-refractivity contribution < 1.29 is 19.1 Å². The summed E-state index contributed by atoms with van der Waals surface area (Å²) < 4.78 is 5.41. The minimum atomic E-state index is -0.310.